The number of aliphatic hydroxyl groups excluding tert-OH is 1. The van der Waals surface area contributed by atoms with E-state index < -0.39 is 6.10 Å². The third-order valence-electron chi connectivity index (χ3n) is 4.13. The number of nitrogens with one attached hydrogen (secondary N) is 1. The second-order valence-electron chi connectivity index (χ2n) is 6.04. The van der Waals surface area contributed by atoms with Gasteiger partial charge in [0.25, 0.3) is 0 Å². The van der Waals surface area contributed by atoms with Gasteiger partial charge < -0.3 is 15.2 Å². The van der Waals surface area contributed by atoms with Crippen molar-refractivity contribution < 1.29 is 9.84 Å². The molecular formula is C21H23NO2S. The molecular weight excluding hydrogens is 330 g/mol. The lowest BCUT2D eigenvalue weighted by Gasteiger charge is -2.20. The fourth-order valence-corrected chi connectivity index (χ4v) is 3.20. The van der Waals surface area contributed by atoms with E-state index in [0.717, 1.165) is 16.9 Å². The second kappa shape index (κ2) is 8.81. The molecule has 0 aliphatic rings. The van der Waals surface area contributed by atoms with Crippen LogP contribution in [0.3, 0.4) is 0 Å². The highest BCUT2D eigenvalue weighted by molar-refractivity contribution is 7.09. The number of hydrogen-bond acceptors (Lipinski definition) is 4. The summed E-state index contributed by atoms with van der Waals surface area (Å²) < 4.78 is 5.78. The molecule has 2 aromatic carbocycles. The third kappa shape index (κ3) is 5.16. The van der Waals surface area contributed by atoms with Gasteiger partial charge in [-0.3, -0.25) is 0 Å². The maximum Gasteiger partial charge on any atom is 0.122 e. The van der Waals surface area contributed by atoms with E-state index in [-0.39, 0.29) is 6.04 Å². The average molecular weight is 353 g/mol. The minimum absolute atomic E-state index is 0.0304. The molecule has 0 fully saturated rings. The molecule has 2 atom stereocenters. The summed E-state index contributed by atoms with van der Waals surface area (Å²) in [6, 6.07) is 21.9. The lowest BCUT2D eigenvalue weighted by atomic mass is 10.0. The zero-order valence-corrected chi connectivity index (χ0v) is 15.1. The first-order valence-corrected chi connectivity index (χ1v) is 9.31. The summed E-state index contributed by atoms with van der Waals surface area (Å²) in [5, 5.41) is 15.8. The topological polar surface area (TPSA) is 41.5 Å². The van der Waals surface area contributed by atoms with Crippen molar-refractivity contribution in [3.63, 3.8) is 0 Å². The molecule has 0 bridgehead atoms. The van der Waals surface area contributed by atoms with E-state index in [9.17, 15) is 5.11 Å². The van der Waals surface area contributed by atoms with Gasteiger partial charge in [0.2, 0.25) is 0 Å². The fraction of sp³-hybridized carbons (Fsp3) is 0.238. The molecule has 1 heterocycles. The van der Waals surface area contributed by atoms with E-state index in [1.54, 1.807) is 11.3 Å². The molecule has 1 aromatic heterocycles. The predicted molar refractivity (Wildman–Crippen MR) is 103 cm³/mol. The molecule has 25 heavy (non-hydrogen) atoms. The van der Waals surface area contributed by atoms with Crippen LogP contribution in [0.1, 0.15) is 29.0 Å². The molecule has 2 N–H and O–H groups in total. The van der Waals surface area contributed by atoms with Crippen molar-refractivity contribution in [3.8, 4) is 5.75 Å². The van der Waals surface area contributed by atoms with Crippen LogP contribution in [0.4, 0.5) is 0 Å². The number of ether oxygens (including phenoxy) is 1. The van der Waals surface area contributed by atoms with E-state index in [0.29, 0.717) is 13.2 Å². The lowest BCUT2D eigenvalue weighted by Crippen LogP contribution is -2.31. The minimum Gasteiger partial charge on any atom is -0.488 e. The van der Waals surface area contributed by atoms with Crippen molar-refractivity contribution in [2.45, 2.75) is 32.2 Å². The number of thiophene rings is 1. The van der Waals surface area contributed by atoms with Crippen molar-refractivity contribution in [3.05, 3.63) is 88.1 Å². The SMILES string of the molecule is C[C@H](NCc1ccc(OCc2cccs2)cc1)[C@H](O)c1ccccc1. The summed E-state index contributed by atoms with van der Waals surface area (Å²) in [6.07, 6.45) is -0.519. The Bertz CT molecular complexity index is 741. The van der Waals surface area contributed by atoms with Gasteiger partial charge in [0, 0.05) is 17.5 Å². The molecule has 3 nitrogen and oxygen atoms in total. The molecule has 0 radical (unpaired) electrons. The molecule has 0 spiro atoms. The highest BCUT2D eigenvalue weighted by Crippen LogP contribution is 2.18. The monoisotopic (exact) mass is 353 g/mol. The van der Waals surface area contributed by atoms with Gasteiger partial charge in [-0.05, 0) is 41.6 Å². The zero-order valence-electron chi connectivity index (χ0n) is 14.3. The van der Waals surface area contributed by atoms with E-state index in [4.69, 9.17) is 4.74 Å². The van der Waals surface area contributed by atoms with Crippen LogP contribution in [0.5, 0.6) is 5.75 Å². The van der Waals surface area contributed by atoms with Gasteiger partial charge in [-0.2, -0.15) is 0 Å². The highest BCUT2D eigenvalue weighted by atomic mass is 32.1. The van der Waals surface area contributed by atoms with Crippen LogP contribution in [0.15, 0.2) is 72.1 Å². The number of rotatable bonds is 8. The number of aliphatic hydroxyl groups is 1. The molecule has 3 aromatic rings. The molecule has 4 heteroatoms. The number of hydrogen-bond donors (Lipinski definition) is 2. The first-order chi connectivity index (χ1) is 12.2. The zero-order chi connectivity index (χ0) is 17.5. The van der Waals surface area contributed by atoms with Gasteiger partial charge in [0.05, 0.1) is 6.10 Å². The van der Waals surface area contributed by atoms with Gasteiger partial charge in [-0.25, -0.2) is 0 Å². The Hall–Kier alpha value is -2.14. The van der Waals surface area contributed by atoms with Crippen LogP contribution < -0.4 is 10.1 Å². The summed E-state index contributed by atoms with van der Waals surface area (Å²) >= 11 is 1.70. The minimum atomic E-state index is -0.519. The standard InChI is InChI=1S/C21H23NO2S/c1-16(21(23)18-6-3-2-4-7-18)22-14-17-9-11-19(12-10-17)24-15-20-8-5-13-25-20/h2-13,16,21-23H,14-15H2,1H3/t16-,21-/m0/s1. The fourth-order valence-electron chi connectivity index (χ4n) is 2.58. The van der Waals surface area contributed by atoms with Crippen LogP contribution in [-0.2, 0) is 13.2 Å². The third-order valence-corrected chi connectivity index (χ3v) is 4.98. The van der Waals surface area contributed by atoms with Gasteiger partial charge in [0.1, 0.15) is 12.4 Å². The molecule has 0 unspecified atom stereocenters. The van der Waals surface area contributed by atoms with Gasteiger partial charge in [0.15, 0.2) is 0 Å². The van der Waals surface area contributed by atoms with E-state index in [1.807, 2.05) is 55.5 Å². The van der Waals surface area contributed by atoms with Gasteiger partial charge >= 0.3 is 0 Å². The average Bonchev–Trinajstić information content (AvgIpc) is 3.19. The smallest absolute Gasteiger partial charge is 0.122 e. The van der Waals surface area contributed by atoms with Crippen LogP contribution >= 0.6 is 11.3 Å². The normalized spacial score (nSPS) is 13.4. The van der Waals surface area contributed by atoms with E-state index >= 15 is 0 Å². The molecule has 0 saturated carbocycles. The Morgan fingerprint density at radius 1 is 1.00 bits per heavy atom. The Labute approximate surface area is 152 Å². The highest BCUT2D eigenvalue weighted by Gasteiger charge is 2.15. The van der Waals surface area contributed by atoms with Crippen molar-refractivity contribution >= 4 is 11.3 Å². The van der Waals surface area contributed by atoms with E-state index in [2.05, 4.69) is 28.9 Å². The van der Waals surface area contributed by atoms with Crippen molar-refractivity contribution in [1.82, 2.24) is 5.32 Å². The first kappa shape index (κ1) is 17.7. The summed E-state index contributed by atoms with van der Waals surface area (Å²) in [6.45, 7) is 3.31. The quantitative estimate of drug-likeness (QED) is 0.625. The Morgan fingerprint density at radius 2 is 1.76 bits per heavy atom. The Balaban J connectivity index is 1.48. The van der Waals surface area contributed by atoms with Crippen LogP contribution in [-0.4, -0.2) is 11.1 Å². The molecule has 0 aliphatic carbocycles. The van der Waals surface area contributed by atoms with Crippen LogP contribution in [0.25, 0.3) is 0 Å². The maximum absolute atomic E-state index is 10.4. The second-order valence-corrected chi connectivity index (χ2v) is 7.07. The van der Waals surface area contributed by atoms with Crippen LogP contribution in [0, 0.1) is 0 Å². The first-order valence-electron chi connectivity index (χ1n) is 8.43. The predicted octanol–water partition coefficient (Wildman–Crippen LogP) is 4.54. The molecule has 3 rings (SSSR count). The Morgan fingerprint density at radius 3 is 2.44 bits per heavy atom. The van der Waals surface area contributed by atoms with Gasteiger partial charge in [-0.15, -0.1) is 11.3 Å². The summed E-state index contributed by atoms with van der Waals surface area (Å²) in [5.41, 5.74) is 2.09. The largest absolute Gasteiger partial charge is 0.488 e. The number of benzene rings is 2. The maximum atomic E-state index is 10.4. The summed E-state index contributed by atoms with van der Waals surface area (Å²) in [5.74, 6) is 0.870. The van der Waals surface area contributed by atoms with Crippen LogP contribution in [0.2, 0.25) is 0 Å². The summed E-state index contributed by atoms with van der Waals surface area (Å²) in [4.78, 5) is 1.22. The lowest BCUT2D eigenvalue weighted by molar-refractivity contribution is 0.135. The molecule has 0 aliphatic heterocycles. The molecule has 0 saturated heterocycles. The van der Waals surface area contributed by atoms with Gasteiger partial charge in [-0.1, -0.05) is 48.5 Å². The Kier molecular flexibility index (Phi) is 6.23. The molecule has 130 valence electrons. The van der Waals surface area contributed by atoms with Crippen molar-refractivity contribution in [2.75, 3.05) is 0 Å². The summed E-state index contributed by atoms with van der Waals surface area (Å²) in [7, 11) is 0. The van der Waals surface area contributed by atoms with Crippen molar-refractivity contribution in [2.24, 2.45) is 0 Å². The van der Waals surface area contributed by atoms with E-state index in [1.165, 1.54) is 4.88 Å². The van der Waals surface area contributed by atoms with Crippen molar-refractivity contribution in [1.29, 1.82) is 0 Å². The molecule has 0 amide bonds.